The van der Waals surface area contributed by atoms with Gasteiger partial charge in [0.2, 0.25) is 10.0 Å². The van der Waals surface area contributed by atoms with Gasteiger partial charge < -0.3 is 0 Å². The number of nitrogens with zero attached hydrogens (tertiary/aromatic N) is 1. The first-order valence-electron chi connectivity index (χ1n) is 8.73. The van der Waals surface area contributed by atoms with Gasteiger partial charge >= 0.3 is 0 Å². The highest BCUT2D eigenvalue weighted by Gasteiger charge is 2.25. The van der Waals surface area contributed by atoms with Gasteiger partial charge in [-0.25, -0.2) is 22.3 Å². The highest BCUT2D eigenvalue weighted by molar-refractivity contribution is 7.89. The molecule has 2 N–H and O–H groups in total. The van der Waals surface area contributed by atoms with Crippen molar-refractivity contribution in [2.75, 3.05) is 0 Å². The summed E-state index contributed by atoms with van der Waals surface area (Å²) in [5, 5.41) is 5.46. The Kier molecular flexibility index (Phi) is 6.15. The van der Waals surface area contributed by atoms with Crippen LogP contribution in [0.15, 0.2) is 41.3 Å². The van der Waals surface area contributed by atoms with Crippen molar-refractivity contribution in [3.63, 3.8) is 0 Å². The quantitative estimate of drug-likeness (QED) is 0.770. The normalized spacial score (nSPS) is 15.6. The van der Waals surface area contributed by atoms with Crippen molar-refractivity contribution in [1.29, 1.82) is 0 Å². The van der Waals surface area contributed by atoms with Gasteiger partial charge in [-0.2, -0.15) is 0 Å². The summed E-state index contributed by atoms with van der Waals surface area (Å²) in [6.07, 6.45) is 3.97. The van der Waals surface area contributed by atoms with Crippen molar-refractivity contribution in [1.82, 2.24) is 4.90 Å². The molecule has 0 aromatic heterocycles. The Labute approximate surface area is 163 Å². The molecule has 1 fully saturated rings. The van der Waals surface area contributed by atoms with Gasteiger partial charge in [-0.1, -0.05) is 30.5 Å². The van der Waals surface area contributed by atoms with Gasteiger partial charge in [0, 0.05) is 29.7 Å². The van der Waals surface area contributed by atoms with Crippen molar-refractivity contribution < 1.29 is 17.2 Å². The number of hydrogen-bond acceptors (Lipinski definition) is 3. The maximum atomic E-state index is 14.1. The van der Waals surface area contributed by atoms with Crippen molar-refractivity contribution in [2.24, 2.45) is 5.14 Å². The van der Waals surface area contributed by atoms with Crippen LogP contribution >= 0.6 is 11.6 Å². The lowest BCUT2D eigenvalue weighted by atomic mass is 10.1. The Hall–Kier alpha value is -1.54. The van der Waals surface area contributed by atoms with Crippen LogP contribution in [-0.2, 0) is 23.1 Å². The minimum Gasteiger partial charge on any atom is -0.292 e. The van der Waals surface area contributed by atoms with Crippen molar-refractivity contribution in [3.8, 4) is 0 Å². The molecule has 4 nitrogen and oxygen atoms in total. The lowest BCUT2D eigenvalue weighted by Crippen LogP contribution is -2.33. The molecule has 146 valence electrons. The van der Waals surface area contributed by atoms with Crippen molar-refractivity contribution in [3.05, 3.63) is 64.2 Å². The van der Waals surface area contributed by atoms with E-state index in [1.165, 1.54) is 30.3 Å². The van der Waals surface area contributed by atoms with Crippen LogP contribution < -0.4 is 5.14 Å². The van der Waals surface area contributed by atoms with Gasteiger partial charge in [-0.15, -0.1) is 0 Å². The summed E-state index contributed by atoms with van der Waals surface area (Å²) in [6.45, 7) is 0.419. The first-order chi connectivity index (χ1) is 12.7. The van der Waals surface area contributed by atoms with Crippen molar-refractivity contribution >= 4 is 21.6 Å². The van der Waals surface area contributed by atoms with E-state index in [1.807, 2.05) is 4.90 Å². The van der Waals surface area contributed by atoms with Gasteiger partial charge in [-0.3, -0.25) is 4.90 Å². The minimum atomic E-state index is -3.90. The molecule has 1 aliphatic rings. The SMILES string of the molecule is NS(=O)(=O)c1cc(Cl)cc(CN(Cc2c(F)cccc2F)C2CCCC2)c1. The third-order valence-electron chi connectivity index (χ3n) is 4.91. The van der Waals surface area contributed by atoms with E-state index in [-0.39, 0.29) is 28.1 Å². The van der Waals surface area contributed by atoms with Crippen molar-refractivity contribution in [2.45, 2.75) is 49.7 Å². The standard InChI is InChI=1S/C19H21ClF2N2O2S/c20-14-8-13(9-16(10-14)27(23,25)26)11-24(15-4-1-2-5-15)12-17-18(21)6-3-7-19(17)22/h3,6-10,15H,1-2,4-5,11-12H2,(H2,23,25,26). The van der Waals surface area contributed by atoms with Crippen LogP contribution in [0.1, 0.15) is 36.8 Å². The molecule has 1 saturated carbocycles. The van der Waals surface area contributed by atoms with Crippen LogP contribution in [0.5, 0.6) is 0 Å². The molecular formula is C19H21ClF2N2O2S. The molecule has 0 radical (unpaired) electrons. The highest BCUT2D eigenvalue weighted by atomic mass is 35.5. The van der Waals surface area contributed by atoms with Gasteiger partial charge in [0.1, 0.15) is 11.6 Å². The maximum absolute atomic E-state index is 14.1. The second-order valence-electron chi connectivity index (χ2n) is 6.88. The molecule has 0 amide bonds. The number of hydrogen-bond donors (Lipinski definition) is 1. The molecule has 0 atom stereocenters. The second-order valence-corrected chi connectivity index (χ2v) is 8.88. The highest BCUT2D eigenvalue weighted by Crippen LogP contribution is 2.29. The van der Waals surface area contributed by atoms with Gasteiger partial charge in [0.25, 0.3) is 0 Å². The molecule has 0 unspecified atom stereocenters. The third-order valence-corrected chi connectivity index (χ3v) is 6.02. The Bertz CT molecular complexity index is 911. The third kappa shape index (κ3) is 5.04. The molecule has 0 aliphatic heterocycles. The minimum absolute atomic E-state index is 0.0121. The number of halogens is 3. The van der Waals surface area contributed by atoms with E-state index >= 15 is 0 Å². The Morgan fingerprint density at radius 1 is 1.07 bits per heavy atom. The summed E-state index contributed by atoms with van der Waals surface area (Å²) < 4.78 is 51.6. The van der Waals surface area contributed by atoms with Crippen LogP contribution in [0.4, 0.5) is 8.78 Å². The van der Waals surface area contributed by atoms with E-state index < -0.39 is 21.7 Å². The molecular weight excluding hydrogens is 394 g/mol. The number of sulfonamides is 1. The predicted octanol–water partition coefficient (Wildman–Crippen LogP) is 4.21. The Balaban J connectivity index is 1.92. The first-order valence-corrected chi connectivity index (χ1v) is 10.7. The van der Waals surface area contributed by atoms with Crippen LogP contribution in [-0.4, -0.2) is 19.4 Å². The largest absolute Gasteiger partial charge is 0.292 e. The lowest BCUT2D eigenvalue weighted by molar-refractivity contribution is 0.175. The molecule has 3 rings (SSSR count). The van der Waals surface area contributed by atoms with E-state index in [1.54, 1.807) is 6.07 Å². The zero-order chi connectivity index (χ0) is 19.6. The number of rotatable bonds is 6. The van der Waals surface area contributed by atoms with E-state index in [9.17, 15) is 17.2 Å². The van der Waals surface area contributed by atoms with Gasteiger partial charge in [-0.05, 0) is 48.7 Å². The summed E-state index contributed by atoms with van der Waals surface area (Å²) in [6, 6.07) is 8.38. The van der Waals surface area contributed by atoms with E-state index in [0.29, 0.717) is 12.1 Å². The predicted molar refractivity (Wildman–Crippen MR) is 101 cm³/mol. The maximum Gasteiger partial charge on any atom is 0.238 e. The summed E-state index contributed by atoms with van der Waals surface area (Å²) in [5.74, 6) is -1.18. The van der Waals surface area contributed by atoms with Crippen LogP contribution in [0.2, 0.25) is 5.02 Å². The molecule has 27 heavy (non-hydrogen) atoms. The summed E-state index contributed by atoms with van der Waals surface area (Å²) >= 11 is 6.05. The molecule has 0 saturated heterocycles. The molecule has 1 aliphatic carbocycles. The molecule has 0 bridgehead atoms. The van der Waals surface area contributed by atoms with E-state index in [0.717, 1.165) is 25.7 Å². The van der Waals surface area contributed by atoms with Crippen LogP contribution in [0, 0.1) is 11.6 Å². The molecule has 0 spiro atoms. The number of benzene rings is 2. The van der Waals surface area contributed by atoms with E-state index in [4.69, 9.17) is 16.7 Å². The monoisotopic (exact) mass is 414 g/mol. The van der Waals surface area contributed by atoms with Crippen LogP contribution in [0.25, 0.3) is 0 Å². The molecule has 0 heterocycles. The molecule has 2 aromatic carbocycles. The summed E-state index contributed by atoms with van der Waals surface area (Å²) in [5.41, 5.74) is 0.647. The first kappa shape index (κ1) is 20.2. The fourth-order valence-corrected chi connectivity index (χ4v) is 4.51. The second kappa shape index (κ2) is 8.22. The van der Waals surface area contributed by atoms with E-state index in [2.05, 4.69) is 0 Å². The molecule has 8 heteroatoms. The average Bonchev–Trinajstić information content (AvgIpc) is 3.10. The zero-order valence-electron chi connectivity index (χ0n) is 14.7. The van der Waals surface area contributed by atoms with Crippen LogP contribution in [0.3, 0.4) is 0 Å². The topological polar surface area (TPSA) is 63.4 Å². The number of nitrogens with two attached hydrogens (primary N) is 1. The average molecular weight is 415 g/mol. The molecule has 2 aromatic rings. The lowest BCUT2D eigenvalue weighted by Gasteiger charge is -2.29. The zero-order valence-corrected chi connectivity index (χ0v) is 16.2. The fraction of sp³-hybridized carbons (Fsp3) is 0.368. The Morgan fingerprint density at radius 3 is 2.30 bits per heavy atom. The fourth-order valence-electron chi connectivity index (χ4n) is 3.58. The van der Waals surface area contributed by atoms with Gasteiger partial charge in [0.05, 0.1) is 4.90 Å². The Morgan fingerprint density at radius 2 is 1.70 bits per heavy atom. The number of primary sulfonamides is 1. The van der Waals surface area contributed by atoms with Gasteiger partial charge in [0.15, 0.2) is 0 Å². The summed E-state index contributed by atoms with van der Waals surface area (Å²) in [7, 11) is -3.90. The summed E-state index contributed by atoms with van der Waals surface area (Å²) in [4.78, 5) is 1.90. The smallest absolute Gasteiger partial charge is 0.238 e.